The second kappa shape index (κ2) is 21.9. The van der Waals surface area contributed by atoms with Gasteiger partial charge in [-0.1, -0.05) is 69.9 Å². The monoisotopic (exact) mass is 824 g/mol. The van der Waals surface area contributed by atoms with Gasteiger partial charge in [0, 0.05) is 20.7 Å². The number of ketones is 1. The second-order valence-electron chi connectivity index (χ2n) is 15.8. The topological polar surface area (TPSA) is 201 Å². The normalized spacial score (nSPS) is 19.5. The summed E-state index contributed by atoms with van der Waals surface area (Å²) in [7, 11) is 2.91. The van der Waals surface area contributed by atoms with Gasteiger partial charge in [-0.05, 0) is 69.3 Å². The number of likely N-dealkylation sites (tertiary alicyclic amines) is 1. The Hall–Kier alpha value is -4.74. The zero-order valence-electron chi connectivity index (χ0n) is 34.2. The van der Waals surface area contributed by atoms with Crippen LogP contribution >= 0.6 is 0 Å². The number of likely N-dealkylation sites (N-methyl/N-ethyl adjacent to an activating group) is 1. The van der Waals surface area contributed by atoms with E-state index in [2.05, 4.69) is 31.3 Å². The van der Waals surface area contributed by atoms with E-state index in [0.717, 1.165) is 19.3 Å². The Morgan fingerprint density at radius 2 is 1.59 bits per heavy atom. The van der Waals surface area contributed by atoms with E-state index in [1.165, 1.54) is 19.1 Å². The molecule has 0 radical (unpaired) electrons. The Morgan fingerprint density at radius 3 is 2.17 bits per heavy atom. The molecule has 6 amide bonds. The van der Waals surface area contributed by atoms with Crippen molar-refractivity contribution < 1.29 is 56.2 Å². The van der Waals surface area contributed by atoms with E-state index < -0.39 is 102 Å². The average molecular weight is 825 g/mol. The molecule has 0 aromatic heterocycles. The number of Topliss-reactive ketones (excluding diaryl/α,β-unsaturated/α-hetero) is 1. The van der Waals surface area contributed by atoms with Crippen LogP contribution in [0, 0.1) is 17.8 Å². The number of nitrogens with one attached hydrogen (secondary N) is 5. The Kier molecular flexibility index (Phi) is 18.0. The Morgan fingerprint density at radius 1 is 0.931 bits per heavy atom. The first kappa shape index (κ1) is 47.6. The summed E-state index contributed by atoms with van der Waals surface area (Å²) in [6.45, 7) is 4.87. The number of alkyl carbamates (subject to hydrolysis) is 1. The van der Waals surface area contributed by atoms with Crippen LogP contribution in [-0.2, 0) is 38.2 Å². The number of ether oxygens (including phenoxy) is 2. The number of hydrogen-bond acceptors (Lipinski definition) is 9. The lowest BCUT2D eigenvalue weighted by Crippen LogP contribution is -2.59. The quantitative estimate of drug-likeness (QED) is 0.130. The molecule has 0 spiro atoms. The molecule has 18 heteroatoms. The molecule has 2 aliphatic rings. The highest BCUT2D eigenvalue weighted by Gasteiger charge is 2.48. The van der Waals surface area contributed by atoms with Crippen molar-refractivity contribution in [2.24, 2.45) is 17.8 Å². The van der Waals surface area contributed by atoms with E-state index in [-0.39, 0.29) is 18.9 Å². The van der Waals surface area contributed by atoms with Gasteiger partial charge in [-0.3, -0.25) is 28.8 Å². The summed E-state index contributed by atoms with van der Waals surface area (Å²) >= 11 is 0. The highest BCUT2D eigenvalue weighted by atomic mass is 19.4. The summed E-state index contributed by atoms with van der Waals surface area (Å²) in [5.41, 5.74) is -0.267. The SMILES string of the molecule is CCC(C)CC(NC(=O)C1[C@@H](CC(C)(C)OC)CCN1C(=O)C(NC(=O)OCC(F)(F)F)C1CCCCC1)C(=O)C(=O)NCC(=O)NC(C(=O)NC)c1ccccc1. The lowest BCUT2D eigenvalue weighted by Gasteiger charge is -2.36. The van der Waals surface area contributed by atoms with Crippen molar-refractivity contribution >= 4 is 41.4 Å². The second-order valence-corrected chi connectivity index (χ2v) is 15.8. The molecular weight excluding hydrogens is 765 g/mol. The van der Waals surface area contributed by atoms with E-state index in [9.17, 15) is 46.7 Å². The molecule has 15 nitrogen and oxygen atoms in total. The molecule has 1 saturated heterocycles. The first-order valence-electron chi connectivity index (χ1n) is 19.8. The molecule has 1 aromatic rings. The summed E-state index contributed by atoms with van der Waals surface area (Å²) in [6, 6.07) is 3.47. The van der Waals surface area contributed by atoms with Gasteiger partial charge in [0.05, 0.1) is 18.2 Å². The molecule has 5 unspecified atom stereocenters. The van der Waals surface area contributed by atoms with E-state index in [0.29, 0.717) is 37.7 Å². The minimum Gasteiger partial charge on any atom is -0.440 e. The van der Waals surface area contributed by atoms with Crippen LogP contribution in [0.15, 0.2) is 30.3 Å². The van der Waals surface area contributed by atoms with E-state index in [4.69, 9.17) is 4.74 Å². The molecule has 1 aliphatic carbocycles. The van der Waals surface area contributed by atoms with Crippen LogP contribution in [0.3, 0.4) is 0 Å². The third-order valence-electron chi connectivity index (χ3n) is 11.0. The molecule has 1 aliphatic heterocycles. The highest BCUT2D eigenvalue weighted by Crippen LogP contribution is 2.35. The maximum absolute atomic E-state index is 14.4. The van der Waals surface area contributed by atoms with Gasteiger partial charge in [0.2, 0.25) is 29.4 Å². The maximum Gasteiger partial charge on any atom is 0.422 e. The molecular formula is C40H59F3N6O9. The Bertz CT molecular complexity index is 1590. The third-order valence-corrected chi connectivity index (χ3v) is 11.0. The van der Waals surface area contributed by atoms with Gasteiger partial charge in [-0.15, -0.1) is 0 Å². The summed E-state index contributed by atoms with van der Waals surface area (Å²) in [6.07, 6.45) is -1.59. The number of benzene rings is 1. The van der Waals surface area contributed by atoms with Crippen molar-refractivity contribution in [3.63, 3.8) is 0 Å². The molecule has 58 heavy (non-hydrogen) atoms. The predicted octanol–water partition coefficient (Wildman–Crippen LogP) is 3.47. The van der Waals surface area contributed by atoms with Crippen molar-refractivity contribution in [3.05, 3.63) is 35.9 Å². The smallest absolute Gasteiger partial charge is 0.422 e. The van der Waals surface area contributed by atoms with Crippen molar-refractivity contribution in [2.75, 3.05) is 33.9 Å². The standard InChI is InChI=1S/C40H59F3N6O9/c1-7-24(2)20-28(33(51)36(54)45-22-29(50)47-30(34(52)44-5)25-14-10-8-11-15-25)46-35(53)32-27(21-39(3,4)57-6)18-19-49(32)37(55)31(26-16-12-9-13-17-26)48-38(56)58-23-40(41,42)43/h8,10-11,14-15,24,26-28,30-32H,7,9,12-13,16-23H2,1-6H3,(H,44,52)(H,45,54)(H,46,53)(H,47,50)(H,48,56)/t24?,27-,28?,30?,31?,32?/m1/s1. The van der Waals surface area contributed by atoms with E-state index in [1.54, 1.807) is 30.3 Å². The predicted molar refractivity (Wildman–Crippen MR) is 206 cm³/mol. The van der Waals surface area contributed by atoms with Crippen LogP contribution in [0.4, 0.5) is 18.0 Å². The zero-order chi connectivity index (χ0) is 43.2. The van der Waals surface area contributed by atoms with E-state index >= 15 is 0 Å². The molecule has 2 fully saturated rings. The van der Waals surface area contributed by atoms with Crippen LogP contribution in [0.2, 0.25) is 0 Å². The third kappa shape index (κ3) is 14.3. The van der Waals surface area contributed by atoms with Gasteiger partial charge < -0.3 is 41.0 Å². The number of carbonyl (C=O) groups is 7. The number of amides is 6. The molecule has 1 saturated carbocycles. The van der Waals surface area contributed by atoms with Crippen molar-refractivity contribution in [1.29, 1.82) is 0 Å². The molecule has 324 valence electrons. The minimum absolute atomic E-state index is 0.0413. The number of nitrogens with zero attached hydrogens (tertiary/aromatic N) is 1. The summed E-state index contributed by atoms with van der Waals surface area (Å²) in [5, 5.41) is 12.4. The lowest BCUT2D eigenvalue weighted by atomic mass is 9.83. The number of alkyl halides is 3. The fourth-order valence-electron chi connectivity index (χ4n) is 7.50. The van der Waals surface area contributed by atoms with Crippen LogP contribution in [0.25, 0.3) is 0 Å². The zero-order valence-corrected chi connectivity index (χ0v) is 34.2. The Balaban J connectivity index is 1.86. The molecule has 6 atom stereocenters. The van der Waals surface area contributed by atoms with Crippen LogP contribution in [0.5, 0.6) is 0 Å². The first-order valence-corrected chi connectivity index (χ1v) is 19.8. The molecule has 0 bridgehead atoms. The van der Waals surface area contributed by atoms with Gasteiger partial charge in [0.1, 0.15) is 18.1 Å². The number of methoxy groups -OCH3 is 1. The molecule has 1 heterocycles. The number of rotatable bonds is 19. The van der Waals surface area contributed by atoms with E-state index in [1.807, 2.05) is 27.7 Å². The summed E-state index contributed by atoms with van der Waals surface area (Å²) < 4.78 is 48.7. The molecule has 3 rings (SSSR count). The van der Waals surface area contributed by atoms with Crippen LogP contribution in [-0.4, -0.2) is 110 Å². The maximum atomic E-state index is 14.4. The number of carbonyl (C=O) groups excluding carboxylic acids is 7. The fraction of sp³-hybridized carbons (Fsp3) is 0.675. The average Bonchev–Trinajstić information content (AvgIpc) is 3.62. The van der Waals surface area contributed by atoms with Gasteiger partial charge in [-0.2, -0.15) is 13.2 Å². The first-order chi connectivity index (χ1) is 27.3. The lowest BCUT2D eigenvalue weighted by molar-refractivity contribution is -0.160. The van der Waals surface area contributed by atoms with Crippen molar-refractivity contribution in [3.8, 4) is 0 Å². The van der Waals surface area contributed by atoms with Gasteiger partial charge in [0.15, 0.2) is 6.61 Å². The number of hydrogen-bond donors (Lipinski definition) is 5. The van der Waals surface area contributed by atoms with Gasteiger partial charge in [-0.25, -0.2) is 4.79 Å². The number of halogens is 3. The van der Waals surface area contributed by atoms with Gasteiger partial charge >= 0.3 is 12.3 Å². The Labute approximate surface area is 337 Å². The van der Waals surface area contributed by atoms with Crippen molar-refractivity contribution in [1.82, 2.24) is 31.5 Å². The highest BCUT2D eigenvalue weighted by molar-refractivity contribution is 6.38. The van der Waals surface area contributed by atoms with Crippen molar-refractivity contribution in [2.45, 2.75) is 121 Å². The minimum atomic E-state index is -4.79. The van der Waals surface area contributed by atoms with Crippen LogP contribution < -0.4 is 26.6 Å². The molecule has 1 aromatic carbocycles. The summed E-state index contributed by atoms with van der Waals surface area (Å²) in [5.74, 6) is -5.98. The summed E-state index contributed by atoms with van der Waals surface area (Å²) in [4.78, 5) is 95.2. The fourth-order valence-corrected chi connectivity index (χ4v) is 7.50. The van der Waals surface area contributed by atoms with Gasteiger partial charge in [0.25, 0.3) is 5.91 Å². The van der Waals surface area contributed by atoms with Crippen LogP contribution in [0.1, 0.15) is 97.1 Å². The molecule has 5 N–H and O–H groups in total. The largest absolute Gasteiger partial charge is 0.440 e.